The fourth-order valence-corrected chi connectivity index (χ4v) is 11.8. The molecule has 15 rings (SSSR count). The summed E-state index contributed by atoms with van der Waals surface area (Å²) >= 11 is 0. The SMILES string of the molecule is O=C1c2cc3c(cc2C2CCC1CC2)c1cc(-c2cccc4c5ccccc5n(-c5ccccc5)c24)cc2c4cc5c(cc4n3c12)C(=O)C1CCC5CC1. The third kappa shape index (κ3) is 3.74. The van der Waals surface area contributed by atoms with E-state index in [9.17, 15) is 9.59 Å². The molecule has 0 saturated heterocycles. The number of aromatic nitrogens is 2. The molecular weight excluding hydrogens is 661 g/mol. The summed E-state index contributed by atoms with van der Waals surface area (Å²) in [7, 11) is 0. The van der Waals surface area contributed by atoms with Gasteiger partial charge in [0.2, 0.25) is 0 Å². The number of nitrogens with zero attached hydrogens (tertiary/aromatic N) is 2. The molecule has 0 spiro atoms. The highest BCUT2D eigenvalue weighted by Crippen LogP contribution is 2.51. The smallest absolute Gasteiger partial charge is 0.166 e. The lowest BCUT2D eigenvalue weighted by Crippen LogP contribution is -2.15. The van der Waals surface area contributed by atoms with Crippen LogP contribution in [0.25, 0.3) is 76.7 Å². The Balaban J connectivity index is 1.18. The van der Waals surface area contributed by atoms with Crippen molar-refractivity contribution in [2.75, 3.05) is 0 Å². The maximum absolute atomic E-state index is 14.1. The number of Topliss-reactive ketones (excluding diaryl/α,β-unsaturated/α-hetero) is 2. The van der Waals surface area contributed by atoms with Crippen LogP contribution in [0.3, 0.4) is 0 Å². The zero-order valence-electron chi connectivity index (χ0n) is 30.1. The monoisotopic (exact) mass is 698 g/mol. The minimum absolute atomic E-state index is 0.137. The van der Waals surface area contributed by atoms with Crippen LogP contribution in [0.15, 0.2) is 109 Å². The van der Waals surface area contributed by atoms with Crippen LogP contribution in [0.4, 0.5) is 0 Å². The van der Waals surface area contributed by atoms with E-state index in [4.69, 9.17) is 0 Å². The lowest BCUT2D eigenvalue weighted by Gasteiger charge is -2.22. The first-order valence-corrected chi connectivity index (χ1v) is 20.1. The summed E-state index contributed by atoms with van der Waals surface area (Å²) in [6.45, 7) is 0. The van der Waals surface area contributed by atoms with Crippen LogP contribution in [0.5, 0.6) is 0 Å². The Hall–Kier alpha value is -5.74. The normalized spacial score (nSPS) is 22.3. The lowest BCUT2D eigenvalue weighted by atomic mass is 9.82. The molecule has 0 amide bonds. The number of fused-ring (bicyclic) bond motifs is 13. The summed E-state index contributed by atoms with van der Waals surface area (Å²) in [5.41, 5.74) is 13.7. The zero-order valence-corrected chi connectivity index (χ0v) is 30.1. The van der Waals surface area contributed by atoms with Crippen molar-refractivity contribution in [3.8, 4) is 16.8 Å². The second-order valence-corrected chi connectivity index (χ2v) is 16.9. The van der Waals surface area contributed by atoms with Crippen molar-refractivity contribution in [3.63, 3.8) is 0 Å². The Labute approximate surface area is 312 Å². The zero-order chi connectivity index (χ0) is 35.4. The Morgan fingerprint density at radius 2 is 0.944 bits per heavy atom. The van der Waals surface area contributed by atoms with Gasteiger partial charge in [0.25, 0.3) is 0 Å². The van der Waals surface area contributed by atoms with Crippen molar-refractivity contribution in [3.05, 3.63) is 131 Å². The topological polar surface area (TPSA) is 43.5 Å². The fourth-order valence-electron chi connectivity index (χ4n) is 11.8. The number of hydrogen-bond donors (Lipinski definition) is 0. The maximum Gasteiger partial charge on any atom is 0.166 e. The average Bonchev–Trinajstić information content (AvgIpc) is 3.73. The molecule has 2 fully saturated rings. The Kier molecular flexibility index (Phi) is 5.76. The first kappa shape index (κ1) is 29.7. The van der Waals surface area contributed by atoms with Crippen molar-refractivity contribution in [1.82, 2.24) is 8.97 Å². The summed E-state index contributed by atoms with van der Waals surface area (Å²) in [5.74, 6) is 1.80. The summed E-state index contributed by atoms with van der Waals surface area (Å²) in [6, 6.07) is 40.4. The average molecular weight is 699 g/mol. The van der Waals surface area contributed by atoms with Crippen LogP contribution in [-0.2, 0) is 0 Å². The molecule has 0 radical (unpaired) electrons. The largest absolute Gasteiger partial charge is 0.309 e. The molecule has 6 aliphatic rings. The molecule has 6 aromatic carbocycles. The Morgan fingerprint density at radius 1 is 0.407 bits per heavy atom. The molecular formula is C50H38N2O2. The second-order valence-electron chi connectivity index (χ2n) is 16.9. The molecule has 0 aliphatic heterocycles. The van der Waals surface area contributed by atoms with Crippen molar-refractivity contribution < 1.29 is 9.59 Å². The Bertz CT molecular complexity index is 2980. The summed E-state index contributed by atoms with van der Waals surface area (Å²) in [5, 5.41) is 7.37. The highest BCUT2D eigenvalue weighted by molar-refractivity contribution is 6.26. The molecule has 2 saturated carbocycles. The van der Waals surface area contributed by atoms with Gasteiger partial charge >= 0.3 is 0 Å². The van der Waals surface area contributed by atoms with E-state index < -0.39 is 0 Å². The first-order chi connectivity index (χ1) is 26.6. The van der Waals surface area contributed by atoms with Gasteiger partial charge in [0.05, 0.1) is 27.6 Å². The van der Waals surface area contributed by atoms with Crippen molar-refractivity contribution >= 4 is 71.5 Å². The van der Waals surface area contributed by atoms with E-state index in [1.54, 1.807) is 0 Å². The standard InChI is InChI=1S/C50H38N2O2/c53-49-29-17-13-27(14-18-29)36-23-38-40-21-31(33-10-6-11-35-34-9-4-5-12-44(34)51(47(33)35)32-7-2-1-3-8-32)22-41-39-24-37-28-15-19-30(20-16-28)50(54)43(37)26-46(39)52(48(40)41)45(38)25-42(36)49/h1-12,21-30H,13-20H2. The molecule has 3 aromatic heterocycles. The number of ketones is 2. The highest BCUT2D eigenvalue weighted by atomic mass is 16.1. The maximum atomic E-state index is 14.1. The van der Waals surface area contributed by atoms with Crippen LogP contribution < -0.4 is 0 Å². The highest BCUT2D eigenvalue weighted by Gasteiger charge is 2.38. The number of rotatable bonds is 2. The molecule has 0 unspecified atom stereocenters. The molecule has 9 aromatic rings. The van der Waals surface area contributed by atoms with Gasteiger partial charge in [-0.1, -0.05) is 54.6 Å². The van der Waals surface area contributed by atoms with E-state index in [1.807, 2.05) is 0 Å². The summed E-state index contributed by atoms with van der Waals surface area (Å²) < 4.78 is 4.85. The fraction of sp³-hybridized carbons (Fsp3) is 0.240. The van der Waals surface area contributed by atoms with Gasteiger partial charge in [-0.3, -0.25) is 9.59 Å². The molecule has 4 bridgehead atoms. The van der Waals surface area contributed by atoms with Crippen LogP contribution in [0.1, 0.15) is 95.0 Å². The van der Waals surface area contributed by atoms with Gasteiger partial charge in [0, 0.05) is 66.5 Å². The molecule has 3 heterocycles. The van der Waals surface area contributed by atoms with Crippen molar-refractivity contribution in [1.29, 1.82) is 0 Å². The minimum atomic E-state index is 0.137. The first-order valence-electron chi connectivity index (χ1n) is 20.1. The summed E-state index contributed by atoms with van der Waals surface area (Å²) in [6.07, 6.45) is 8.36. The minimum Gasteiger partial charge on any atom is -0.309 e. The third-order valence-corrected chi connectivity index (χ3v) is 14.4. The van der Waals surface area contributed by atoms with E-state index in [2.05, 4.69) is 118 Å². The van der Waals surface area contributed by atoms with Gasteiger partial charge in [-0.15, -0.1) is 0 Å². The number of benzene rings is 6. The number of hydrogen-bond acceptors (Lipinski definition) is 2. The molecule has 0 N–H and O–H groups in total. The molecule has 6 aliphatic carbocycles. The molecule has 4 nitrogen and oxygen atoms in total. The second kappa shape index (κ2) is 10.5. The van der Waals surface area contributed by atoms with Crippen molar-refractivity contribution in [2.24, 2.45) is 11.8 Å². The van der Waals surface area contributed by atoms with E-state index in [0.717, 1.165) is 79.2 Å². The van der Waals surface area contributed by atoms with Crippen LogP contribution >= 0.6 is 0 Å². The van der Waals surface area contributed by atoms with E-state index in [0.29, 0.717) is 23.4 Å². The van der Waals surface area contributed by atoms with Gasteiger partial charge in [-0.05, 0) is 134 Å². The molecule has 0 atom stereocenters. The van der Waals surface area contributed by atoms with Crippen LogP contribution in [0, 0.1) is 11.8 Å². The van der Waals surface area contributed by atoms with Gasteiger partial charge in [-0.25, -0.2) is 0 Å². The van der Waals surface area contributed by atoms with Crippen molar-refractivity contribution in [2.45, 2.75) is 63.2 Å². The van der Waals surface area contributed by atoms with Gasteiger partial charge in [0.1, 0.15) is 0 Å². The van der Waals surface area contributed by atoms with Gasteiger partial charge < -0.3 is 8.97 Å². The Morgan fingerprint density at radius 3 is 1.56 bits per heavy atom. The third-order valence-electron chi connectivity index (χ3n) is 14.4. The van der Waals surface area contributed by atoms with E-state index >= 15 is 0 Å². The van der Waals surface area contributed by atoms with Gasteiger partial charge in [0.15, 0.2) is 11.6 Å². The quantitative estimate of drug-likeness (QED) is 0.180. The number of carbonyl (C=O) groups excluding carboxylic acids is 2. The molecule has 4 heteroatoms. The number of para-hydroxylation sites is 3. The van der Waals surface area contributed by atoms with E-state index in [1.165, 1.54) is 71.1 Å². The number of carbonyl (C=O) groups is 2. The molecule has 260 valence electrons. The van der Waals surface area contributed by atoms with Crippen LogP contribution in [0.2, 0.25) is 0 Å². The predicted octanol–water partition coefficient (Wildman–Crippen LogP) is 12.5. The van der Waals surface area contributed by atoms with Crippen LogP contribution in [-0.4, -0.2) is 20.5 Å². The van der Waals surface area contributed by atoms with Gasteiger partial charge in [-0.2, -0.15) is 0 Å². The lowest BCUT2D eigenvalue weighted by molar-refractivity contribution is 0.0891. The molecule has 54 heavy (non-hydrogen) atoms. The van der Waals surface area contributed by atoms with E-state index in [-0.39, 0.29) is 11.8 Å². The summed E-state index contributed by atoms with van der Waals surface area (Å²) in [4.78, 5) is 28.2. The predicted molar refractivity (Wildman–Crippen MR) is 219 cm³/mol.